The van der Waals surface area contributed by atoms with Gasteiger partial charge in [-0.3, -0.25) is 4.79 Å². The molecule has 2 fully saturated rings. The number of hydrogen-bond donors (Lipinski definition) is 1. The lowest BCUT2D eigenvalue weighted by molar-refractivity contribution is -0.140. The minimum absolute atomic E-state index is 0.250. The molecule has 1 amide bonds. The lowest BCUT2D eigenvalue weighted by atomic mass is 9.91. The van der Waals surface area contributed by atoms with Gasteiger partial charge in [0.05, 0.1) is 5.54 Å². The van der Waals surface area contributed by atoms with Crippen molar-refractivity contribution in [1.82, 2.24) is 10.2 Å². The Morgan fingerprint density at radius 2 is 2.00 bits per heavy atom. The van der Waals surface area contributed by atoms with Gasteiger partial charge in [-0.25, -0.2) is 0 Å². The summed E-state index contributed by atoms with van der Waals surface area (Å²) in [7, 11) is 0. The van der Waals surface area contributed by atoms with E-state index in [-0.39, 0.29) is 5.54 Å². The minimum atomic E-state index is -0.250. The van der Waals surface area contributed by atoms with Crippen LogP contribution in [0.15, 0.2) is 0 Å². The number of nitrogens with one attached hydrogen (secondary N) is 1. The molecule has 2 aliphatic rings. The highest BCUT2D eigenvalue weighted by Crippen LogP contribution is 2.31. The summed E-state index contributed by atoms with van der Waals surface area (Å²) in [6, 6.07) is 0.507. The average Bonchev–Trinajstić information content (AvgIpc) is 3.10. The molecule has 0 aromatic rings. The monoisotopic (exact) mass is 280 g/mol. The third kappa shape index (κ3) is 3.36. The first-order valence-corrected chi connectivity index (χ1v) is 8.65. The number of hydrogen-bond acceptors (Lipinski definition) is 2. The first-order valence-electron chi connectivity index (χ1n) is 8.65. The van der Waals surface area contributed by atoms with Crippen LogP contribution in [0.5, 0.6) is 0 Å². The maximum Gasteiger partial charge on any atom is 0.243 e. The molecular weight excluding hydrogens is 248 g/mol. The van der Waals surface area contributed by atoms with Crippen molar-refractivity contribution in [3.8, 4) is 0 Å². The molecule has 1 N–H and O–H groups in total. The molecule has 0 bridgehead atoms. The molecule has 0 aromatic carbocycles. The third-order valence-electron chi connectivity index (χ3n) is 5.23. The van der Waals surface area contributed by atoms with E-state index in [1.165, 1.54) is 25.7 Å². The molecule has 0 spiro atoms. The van der Waals surface area contributed by atoms with Crippen molar-refractivity contribution < 1.29 is 4.79 Å². The average molecular weight is 280 g/mol. The van der Waals surface area contributed by atoms with Crippen molar-refractivity contribution in [2.75, 3.05) is 13.1 Å². The van der Waals surface area contributed by atoms with Crippen LogP contribution in [0.4, 0.5) is 0 Å². The first kappa shape index (κ1) is 15.8. The molecule has 1 heterocycles. The Balaban J connectivity index is 2.09. The zero-order valence-corrected chi connectivity index (χ0v) is 13.6. The molecule has 0 radical (unpaired) electrons. The summed E-state index contributed by atoms with van der Waals surface area (Å²) in [6.45, 7) is 8.61. The summed E-state index contributed by atoms with van der Waals surface area (Å²) in [6.07, 6.45) is 9.23. The Kier molecular flexibility index (Phi) is 5.48. The largest absolute Gasteiger partial charge is 0.338 e. The number of carbonyl (C=O) groups is 1. The van der Waals surface area contributed by atoms with E-state index in [1.54, 1.807) is 0 Å². The van der Waals surface area contributed by atoms with Gasteiger partial charge >= 0.3 is 0 Å². The molecular formula is C17H32N2O. The third-order valence-corrected chi connectivity index (χ3v) is 5.23. The van der Waals surface area contributed by atoms with E-state index >= 15 is 0 Å². The molecule has 116 valence electrons. The molecule has 20 heavy (non-hydrogen) atoms. The Morgan fingerprint density at radius 1 is 1.30 bits per heavy atom. The van der Waals surface area contributed by atoms with Gasteiger partial charge in [0, 0.05) is 12.6 Å². The predicted octanol–water partition coefficient (Wildman–Crippen LogP) is 3.34. The number of rotatable bonds is 6. The van der Waals surface area contributed by atoms with Crippen LogP contribution in [0.3, 0.4) is 0 Å². The van der Waals surface area contributed by atoms with Crippen molar-refractivity contribution in [2.45, 2.75) is 83.7 Å². The van der Waals surface area contributed by atoms with E-state index in [0.29, 0.717) is 17.9 Å². The molecule has 1 aliphatic carbocycles. The highest BCUT2D eigenvalue weighted by molar-refractivity contribution is 5.87. The fraction of sp³-hybridized carbons (Fsp3) is 0.941. The van der Waals surface area contributed by atoms with Crippen molar-refractivity contribution >= 4 is 5.91 Å². The number of amides is 1. The van der Waals surface area contributed by atoms with E-state index in [1.807, 2.05) is 0 Å². The van der Waals surface area contributed by atoms with Crippen molar-refractivity contribution in [3.05, 3.63) is 0 Å². The van der Waals surface area contributed by atoms with Gasteiger partial charge < -0.3 is 10.2 Å². The molecule has 3 nitrogen and oxygen atoms in total. The zero-order chi connectivity index (χ0) is 14.6. The van der Waals surface area contributed by atoms with Gasteiger partial charge in [-0.2, -0.15) is 0 Å². The predicted molar refractivity (Wildman–Crippen MR) is 83.7 cm³/mol. The van der Waals surface area contributed by atoms with Gasteiger partial charge in [0.25, 0.3) is 0 Å². The van der Waals surface area contributed by atoms with E-state index < -0.39 is 0 Å². The lowest BCUT2D eigenvalue weighted by Gasteiger charge is -2.38. The minimum Gasteiger partial charge on any atom is -0.338 e. The second kappa shape index (κ2) is 6.93. The van der Waals surface area contributed by atoms with Gasteiger partial charge in [0.15, 0.2) is 0 Å². The molecule has 1 saturated heterocycles. The van der Waals surface area contributed by atoms with Gasteiger partial charge in [0.1, 0.15) is 0 Å². The van der Waals surface area contributed by atoms with Crippen LogP contribution < -0.4 is 5.32 Å². The Morgan fingerprint density at radius 3 is 2.50 bits per heavy atom. The fourth-order valence-electron chi connectivity index (χ4n) is 3.78. The Bertz CT molecular complexity index is 315. The van der Waals surface area contributed by atoms with Gasteiger partial charge in [-0.1, -0.05) is 33.6 Å². The second-order valence-corrected chi connectivity index (χ2v) is 7.09. The quantitative estimate of drug-likeness (QED) is 0.809. The molecule has 3 heteroatoms. The van der Waals surface area contributed by atoms with E-state index in [0.717, 1.165) is 38.8 Å². The van der Waals surface area contributed by atoms with Crippen LogP contribution in [-0.4, -0.2) is 35.5 Å². The molecule has 1 atom stereocenters. The summed E-state index contributed by atoms with van der Waals surface area (Å²) < 4.78 is 0. The smallest absolute Gasteiger partial charge is 0.243 e. The van der Waals surface area contributed by atoms with Gasteiger partial charge in [-0.15, -0.1) is 0 Å². The number of carbonyl (C=O) groups excluding carboxylic acids is 1. The van der Waals surface area contributed by atoms with Crippen LogP contribution in [0.2, 0.25) is 0 Å². The number of nitrogens with zero attached hydrogens (tertiary/aromatic N) is 1. The van der Waals surface area contributed by atoms with Crippen molar-refractivity contribution in [2.24, 2.45) is 5.92 Å². The van der Waals surface area contributed by atoms with Crippen LogP contribution in [-0.2, 0) is 4.79 Å². The van der Waals surface area contributed by atoms with Crippen LogP contribution >= 0.6 is 0 Å². The topological polar surface area (TPSA) is 32.3 Å². The lowest BCUT2D eigenvalue weighted by Crippen LogP contribution is -2.57. The highest BCUT2D eigenvalue weighted by atomic mass is 16.2. The SMILES string of the molecule is CCC1(C(=O)N(CCC(C)C)C2CCCC2)CCCN1. The van der Waals surface area contributed by atoms with E-state index in [2.05, 4.69) is 31.0 Å². The second-order valence-electron chi connectivity index (χ2n) is 7.09. The fourth-order valence-corrected chi connectivity index (χ4v) is 3.78. The maximum atomic E-state index is 13.2. The summed E-state index contributed by atoms with van der Waals surface area (Å²) in [5.74, 6) is 1.06. The summed E-state index contributed by atoms with van der Waals surface area (Å²) in [4.78, 5) is 15.4. The van der Waals surface area contributed by atoms with Crippen molar-refractivity contribution in [1.29, 1.82) is 0 Å². The van der Waals surface area contributed by atoms with Crippen LogP contribution in [0.1, 0.15) is 72.1 Å². The van der Waals surface area contributed by atoms with Crippen molar-refractivity contribution in [3.63, 3.8) is 0 Å². The van der Waals surface area contributed by atoms with Gasteiger partial charge in [0.2, 0.25) is 5.91 Å². The molecule has 0 aromatic heterocycles. The standard InChI is InChI=1S/C17H32N2O/c1-4-17(11-7-12-18-17)16(20)19(13-10-14(2)3)15-8-5-6-9-15/h14-15,18H,4-13H2,1-3H3. The molecule has 1 unspecified atom stereocenters. The molecule has 2 rings (SSSR count). The Hall–Kier alpha value is -0.570. The molecule has 1 aliphatic heterocycles. The molecule has 1 saturated carbocycles. The summed E-state index contributed by atoms with van der Waals surface area (Å²) in [5, 5.41) is 3.52. The zero-order valence-electron chi connectivity index (χ0n) is 13.6. The first-order chi connectivity index (χ1) is 9.59. The van der Waals surface area contributed by atoms with Gasteiger partial charge in [-0.05, 0) is 51.0 Å². The van der Waals surface area contributed by atoms with E-state index in [9.17, 15) is 4.79 Å². The summed E-state index contributed by atoms with van der Waals surface area (Å²) >= 11 is 0. The van der Waals surface area contributed by atoms with Crippen LogP contribution in [0, 0.1) is 5.92 Å². The highest BCUT2D eigenvalue weighted by Gasteiger charge is 2.43. The maximum absolute atomic E-state index is 13.2. The summed E-state index contributed by atoms with van der Waals surface area (Å²) in [5.41, 5.74) is -0.250. The normalized spacial score (nSPS) is 27.4. The van der Waals surface area contributed by atoms with Crippen LogP contribution in [0.25, 0.3) is 0 Å². The Labute approximate surface area is 124 Å². The van der Waals surface area contributed by atoms with E-state index in [4.69, 9.17) is 0 Å².